The molecule has 0 radical (unpaired) electrons. The SMILES string of the molecule is CCOC(=O)C1CC12CCN(P)CC2. The summed E-state index contributed by atoms with van der Waals surface area (Å²) in [6, 6.07) is 0. The van der Waals surface area contributed by atoms with Crippen LogP contribution in [-0.4, -0.2) is 30.3 Å². The third kappa shape index (κ3) is 1.80. The van der Waals surface area contributed by atoms with Crippen molar-refractivity contribution in [3.8, 4) is 0 Å². The zero-order valence-corrected chi connectivity index (χ0v) is 9.82. The average Bonchev–Trinajstić information content (AvgIpc) is 2.87. The normalized spacial score (nSPS) is 30.3. The summed E-state index contributed by atoms with van der Waals surface area (Å²) in [7, 11) is 2.74. The molecule has 2 aliphatic rings. The fraction of sp³-hybridized carbons (Fsp3) is 0.900. The topological polar surface area (TPSA) is 29.5 Å². The second-order valence-electron chi connectivity index (χ2n) is 4.41. The molecular formula is C10H18NO2P. The molecule has 0 bridgehead atoms. The van der Waals surface area contributed by atoms with Crippen molar-refractivity contribution in [3.63, 3.8) is 0 Å². The lowest BCUT2D eigenvalue weighted by molar-refractivity contribution is -0.145. The zero-order chi connectivity index (χ0) is 10.2. The van der Waals surface area contributed by atoms with Gasteiger partial charge in [0, 0.05) is 13.1 Å². The van der Waals surface area contributed by atoms with E-state index >= 15 is 0 Å². The van der Waals surface area contributed by atoms with E-state index in [0.717, 1.165) is 32.4 Å². The van der Waals surface area contributed by atoms with Crippen LogP contribution in [0.2, 0.25) is 0 Å². The number of esters is 1. The number of carbonyl (C=O) groups is 1. The highest BCUT2D eigenvalue weighted by Crippen LogP contribution is 2.60. The standard InChI is InChI=1S/C10H18NO2P/c1-2-13-9(12)8-7-10(8)3-5-11(14)6-4-10/h8H,2-7,14H2,1H3. The molecular weight excluding hydrogens is 197 g/mol. The second kappa shape index (κ2) is 3.79. The van der Waals surface area contributed by atoms with E-state index in [4.69, 9.17) is 4.74 Å². The summed E-state index contributed by atoms with van der Waals surface area (Å²) in [5, 5.41) is 0. The first-order valence-corrected chi connectivity index (χ1v) is 5.86. The molecule has 1 saturated heterocycles. The molecule has 0 aromatic heterocycles. The smallest absolute Gasteiger partial charge is 0.309 e. The van der Waals surface area contributed by atoms with Crippen molar-refractivity contribution in [1.29, 1.82) is 0 Å². The van der Waals surface area contributed by atoms with E-state index in [1.165, 1.54) is 0 Å². The van der Waals surface area contributed by atoms with Crippen molar-refractivity contribution in [1.82, 2.24) is 4.67 Å². The van der Waals surface area contributed by atoms with Gasteiger partial charge in [-0.25, -0.2) is 0 Å². The Morgan fingerprint density at radius 3 is 2.79 bits per heavy atom. The van der Waals surface area contributed by atoms with E-state index in [-0.39, 0.29) is 11.9 Å². The Labute approximate surface area is 87.4 Å². The van der Waals surface area contributed by atoms with Gasteiger partial charge in [-0.2, -0.15) is 0 Å². The highest BCUT2D eigenvalue weighted by molar-refractivity contribution is 7.13. The van der Waals surface area contributed by atoms with Gasteiger partial charge in [0.25, 0.3) is 0 Å². The summed E-state index contributed by atoms with van der Waals surface area (Å²) in [5.74, 6) is 0.242. The van der Waals surface area contributed by atoms with Gasteiger partial charge >= 0.3 is 5.97 Å². The highest BCUT2D eigenvalue weighted by Gasteiger charge is 2.59. The lowest BCUT2D eigenvalue weighted by Gasteiger charge is -2.29. The van der Waals surface area contributed by atoms with Crippen molar-refractivity contribution in [2.75, 3.05) is 19.7 Å². The first kappa shape index (κ1) is 10.4. The monoisotopic (exact) mass is 215 g/mol. The van der Waals surface area contributed by atoms with Crippen LogP contribution in [0.3, 0.4) is 0 Å². The van der Waals surface area contributed by atoms with E-state index in [1.54, 1.807) is 0 Å². The van der Waals surface area contributed by atoms with Gasteiger partial charge in [-0.1, -0.05) is 9.39 Å². The van der Waals surface area contributed by atoms with Crippen LogP contribution >= 0.6 is 9.39 Å². The predicted molar refractivity (Wildman–Crippen MR) is 57.7 cm³/mol. The van der Waals surface area contributed by atoms with Gasteiger partial charge in [0.2, 0.25) is 0 Å². The minimum atomic E-state index is 0.0321. The largest absolute Gasteiger partial charge is 0.466 e. The van der Waals surface area contributed by atoms with Crippen molar-refractivity contribution < 1.29 is 9.53 Å². The van der Waals surface area contributed by atoms with Gasteiger partial charge in [0.05, 0.1) is 12.5 Å². The molecule has 1 saturated carbocycles. The summed E-state index contributed by atoms with van der Waals surface area (Å²) in [5.41, 5.74) is 0.319. The number of hydrogen-bond acceptors (Lipinski definition) is 3. The van der Waals surface area contributed by atoms with Crippen molar-refractivity contribution in [2.24, 2.45) is 11.3 Å². The molecule has 1 aliphatic heterocycles. The van der Waals surface area contributed by atoms with Gasteiger partial charge in [-0.15, -0.1) is 0 Å². The van der Waals surface area contributed by atoms with E-state index < -0.39 is 0 Å². The molecule has 2 rings (SSSR count). The molecule has 14 heavy (non-hydrogen) atoms. The van der Waals surface area contributed by atoms with E-state index in [9.17, 15) is 4.79 Å². The summed E-state index contributed by atoms with van der Waals surface area (Å²) in [6.45, 7) is 4.58. The second-order valence-corrected chi connectivity index (χ2v) is 5.14. The van der Waals surface area contributed by atoms with Crippen molar-refractivity contribution in [2.45, 2.75) is 26.2 Å². The number of carbonyl (C=O) groups excluding carboxylic acids is 1. The quantitative estimate of drug-likeness (QED) is 0.515. The first-order chi connectivity index (χ1) is 6.68. The molecule has 1 aliphatic carbocycles. The molecule has 2 fully saturated rings. The minimum absolute atomic E-state index is 0.0321. The van der Waals surface area contributed by atoms with E-state index in [2.05, 4.69) is 14.1 Å². The molecule has 0 amide bonds. The van der Waals surface area contributed by atoms with Crippen LogP contribution in [-0.2, 0) is 9.53 Å². The molecule has 0 aromatic carbocycles. The van der Waals surface area contributed by atoms with Crippen molar-refractivity contribution in [3.05, 3.63) is 0 Å². The summed E-state index contributed by atoms with van der Waals surface area (Å²) in [6.07, 6.45) is 3.37. The maximum absolute atomic E-state index is 11.5. The predicted octanol–water partition coefficient (Wildman–Crippen LogP) is 1.44. The number of rotatable bonds is 2. The van der Waals surface area contributed by atoms with E-state index in [1.807, 2.05) is 6.92 Å². The van der Waals surface area contributed by atoms with Crippen LogP contribution in [0.15, 0.2) is 0 Å². The molecule has 1 spiro atoms. The van der Waals surface area contributed by atoms with Crippen LogP contribution in [0.5, 0.6) is 0 Å². The van der Waals surface area contributed by atoms with Gasteiger partial charge in [-0.3, -0.25) is 9.46 Å². The van der Waals surface area contributed by atoms with Crippen LogP contribution in [0.4, 0.5) is 0 Å². The number of hydrogen-bond donors (Lipinski definition) is 0. The Morgan fingerprint density at radius 2 is 2.21 bits per heavy atom. The lowest BCUT2D eigenvalue weighted by Crippen LogP contribution is -2.29. The highest BCUT2D eigenvalue weighted by atomic mass is 31.0. The fourth-order valence-electron chi connectivity index (χ4n) is 2.45. The van der Waals surface area contributed by atoms with E-state index in [0.29, 0.717) is 12.0 Å². The molecule has 4 heteroatoms. The number of piperidine rings is 1. The molecule has 0 N–H and O–H groups in total. The molecule has 2 atom stereocenters. The molecule has 2 unspecified atom stereocenters. The maximum atomic E-state index is 11.5. The fourth-order valence-corrected chi connectivity index (χ4v) is 2.70. The lowest BCUT2D eigenvalue weighted by atomic mass is 9.92. The molecule has 0 aromatic rings. The van der Waals surface area contributed by atoms with Gasteiger partial charge in [0.1, 0.15) is 0 Å². The minimum Gasteiger partial charge on any atom is -0.466 e. The Hall–Kier alpha value is -0.140. The average molecular weight is 215 g/mol. The number of nitrogens with zero attached hydrogens (tertiary/aromatic N) is 1. The Bertz CT molecular complexity index is 236. The maximum Gasteiger partial charge on any atom is 0.309 e. The zero-order valence-electron chi connectivity index (χ0n) is 8.66. The third-order valence-corrected chi connectivity index (χ3v) is 4.07. The van der Waals surface area contributed by atoms with Gasteiger partial charge in [0.15, 0.2) is 0 Å². The number of ether oxygens (including phenoxy) is 1. The Morgan fingerprint density at radius 1 is 1.57 bits per heavy atom. The van der Waals surface area contributed by atoms with Gasteiger partial charge in [-0.05, 0) is 31.6 Å². The van der Waals surface area contributed by atoms with Crippen molar-refractivity contribution >= 4 is 15.4 Å². The third-order valence-electron chi connectivity index (χ3n) is 3.55. The molecule has 80 valence electrons. The Balaban J connectivity index is 1.87. The van der Waals surface area contributed by atoms with Crippen LogP contribution < -0.4 is 0 Å². The summed E-state index contributed by atoms with van der Waals surface area (Å²) < 4.78 is 7.32. The van der Waals surface area contributed by atoms with Crippen LogP contribution in [0, 0.1) is 11.3 Å². The summed E-state index contributed by atoms with van der Waals surface area (Å²) in [4.78, 5) is 11.5. The first-order valence-electron chi connectivity index (χ1n) is 5.34. The van der Waals surface area contributed by atoms with Gasteiger partial charge < -0.3 is 4.74 Å². The molecule has 3 nitrogen and oxygen atoms in total. The molecule has 1 heterocycles. The van der Waals surface area contributed by atoms with Crippen LogP contribution in [0.1, 0.15) is 26.2 Å². The van der Waals surface area contributed by atoms with Crippen LogP contribution in [0.25, 0.3) is 0 Å². The summed E-state index contributed by atoms with van der Waals surface area (Å²) >= 11 is 0. The Kier molecular flexibility index (Phi) is 2.81.